The highest BCUT2D eigenvalue weighted by Crippen LogP contribution is 2.11. The molecule has 0 bridgehead atoms. The molecule has 1 rings (SSSR count). The minimum atomic E-state index is -0.670. The third-order valence-corrected chi connectivity index (χ3v) is 2.56. The number of ether oxygens (including phenoxy) is 2. The summed E-state index contributed by atoms with van der Waals surface area (Å²) in [4.78, 5) is 23.7. The molecule has 0 unspecified atom stereocenters. The maximum atomic E-state index is 11.8. The van der Waals surface area contributed by atoms with Gasteiger partial charge >= 0.3 is 11.9 Å². The van der Waals surface area contributed by atoms with Crippen molar-refractivity contribution < 1.29 is 19.1 Å². The van der Waals surface area contributed by atoms with Crippen molar-refractivity contribution in [3.8, 4) is 0 Å². The van der Waals surface area contributed by atoms with Gasteiger partial charge in [0.25, 0.3) is 0 Å². The van der Waals surface area contributed by atoms with Gasteiger partial charge in [0.2, 0.25) is 0 Å². The van der Waals surface area contributed by atoms with Gasteiger partial charge in [-0.25, -0.2) is 9.59 Å². The van der Waals surface area contributed by atoms with Crippen molar-refractivity contribution in [2.75, 3.05) is 13.2 Å². The Balaban J connectivity index is 3.03. The van der Waals surface area contributed by atoms with Gasteiger partial charge in [-0.05, 0) is 38.0 Å². The van der Waals surface area contributed by atoms with E-state index in [1.54, 1.807) is 13.8 Å². The molecule has 0 atom stereocenters. The summed E-state index contributed by atoms with van der Waals surface area (Å²) >= 11 is 0. The van der Waals surface area contributed by atoms with Gasteiger partial charge in [-0.3, -0.25) is 0 Å². The second-order valence-electron chi connectivity index (χ2n) is 4.30. The molecule has 0 aliphatic carbocycles. The molecule has 0 fully saturated rings. The molecule has 0 aliphatic heterocycles. The lowest BCUT2D eigenvalue weighted by molar-refractivity contribution is -0.146. The van der Waals surface area contributed by atoms with E-state index in [0.717, 1.165) is 11.1 Å². The van der Waals surface area contributed by atoms with Gasteiger partial charge in [-0.15, -0.1) is 0 Å². The van der Waals surface area contributed by atoms with Gasteiger partial charge in [0.15, 0.2) is 0 Å². The molecule has 1 aromatic carbocycles. The number of carbonyl (C=O) groups is 2. The Bertz CT molecular complexity index is 521. The highest BCUT2D eigenvalue weighted by Gasteiger charge is 2.20. The zero-order chi connectivity index (χ0) is 15.7. The predicted molar refractivity (Wildman–Crippen MR) is 81.4 cm³/mol. The second kappa shape index (κ2) is 8.74. The van der Waals surface area contributed by atoms with E-state index >= 15 is 0 Å². The van der Waals surface area contributed by atoms with Crippen molar-refractivity contribution in [1.29, 1.82) is 0 Å². The van der Waals surface area contributed by atoms with Gasteiger partial charge < -0.3 is 9.47 Å². The zero-order valence-corrected chi connectivity index (χ0v) is 12.6. The van der Waals surface area contributed by atoms with E-state index in [9.17, 15) is 9.59 Å². The topological polar surface area (TPSA) is 52.6 Å². The molecule has 4 heteroatoms. The van der Waals surface area contributed by atoms with Gasteiger partial charge in [-0.1, -0.05) is 36.4 Å². The van der Waals surface area contributed by atoms with Crippen molar-refractivity contribution >= 4 is 18.0 Å². The Hall–Kier alpha value is -2.36. The van der Waals surface area contributed by atoms with Crippen LogP contribution in [0.15, 0.2) is 47.6 Å². The molecule has 0 radical (unpaired) electrons. The summed E-state index contributed by atoms with van der Waals surface area (Å²) in [6.07, 6.45) is 3.36. The van der Waals surface area contributed by atoms with Crippen LogP contribution in [-0.2, 0) is 19.1 Å². The maximum absolute atomic E-state index is 11.8. The maximum Gasteiger partial charge on any atom is 0.345 e. The van der Waals surface area contributed by atoms with Crippen LogP contribution >= 0.6 is 0 Å². The number of rotatable bonds is 6. The lowest BCUT2D eigenvalue weighted by Crippen LogP contribution is -2.18. The summed E-state index contributed by atoms with van der Waals surface area (Å²) in [5.74, 6) is -1.34. The Labute approximate surface area is 125 Å². The van der Waals surface area contributed by atoms with E-state index in [0.29, 0.717) is 0 Å². The van der Waals surface area contributed by atoms with Crippen LogP contribution in [0.3, 0.4) is 0 Å². The van der Waals surface area contributed by atoms with E-state index in [2.05, 4.69) is 0 Å². The van der Waals surface area contributed by atoms with Crippen LogP contribution in [-0.4, -0.2) is 25.2 Å². The molecule has 0 N–H and O–H groups in total. The lowest BCUT2D eigenvalue weighted by Gasteiger charge is -2.06. The number of carbonyl (C=O) groups excluding carboxylic acids is 2. The van der Waals surface area contributed by atoms with Gasteiger partial charge in [0.05, 0.1) is 13.2 Å². The molecule has 112 valence electrons. The monoisotopic (exact) mass is 288 g/mol. The molecule has 4 nitrogen and oxygen atoms in total. The van der Waals surface area contributed by atoms with Crippen molar-refractivity contribution in [2.24, 2.45) is 0 Å². The highest BCUT2D eigenvalue weighted by molar-refractivity contribution is 6.14. The fourth-order valence-electron chi connectivity index (χ4n) is 1.70. The van der Waals surface area contributed by atoms with E-state index in [1.807, 2.05) is 43.3 Å². The van der Waals surface area contributed by atoms with Crippen LogP contribution in [0.4, 0.5) is 0 Å². The average molecular weight is 288 g/mol. The molecule has 0 heterocycles. The van der Waals surface area contributed by atoms with Crippen LogP contribution in [0.1, 0.15) is 26.3 Å². The molecule has 0 aromatic heterocycles. The van der Waals surface area contributed by atoms with Crippen molar-refractivity contribution in [3.63, 3.8) is 0 Å². The average Bonchev–Trinajstić information content (AvgIpc) is 2.46. The van der Waals surface area contributed by atoms with Crippen LogP contribution in [0.2, 0.25) is 0 Å². The predicted octanol–water partition coefficient (Wildman–Crippen LogP) is 3.14. The molecular weight excluding hydrogens is 268 g/mol. The minimum absolute atomic E-state index is 0.0941. The number of benzene rings is 1. The largest absolute Gasteiger partial charge is 0.462 e. The SMILES string of the molecule is CCOC(=O)C(=C/C(C)=C/c1ccccc1)C(=O)OCC. The fraction of sp³-hybridized carbons (Fsp3) is 0.294. The van der Waals surface area contributed by atoms with E-state index in [-0.39, 0.29) is 18.8 Å². The van der Waals surface area contributed by atoms with Gasteiger partial charge in [-0.2, -0.15) is 0 Å². The molecule has 0 amide bonds. The minimum Gasteiger partial charge on any atom is -0.462 e. The Morgan fingerprint density at radius 2 is 1.52 bits per heavy atom. The van der Waals surface area contributed by atoms with E-state index < -0.39 is 11.9 Å². The van der Waals surface area contributed by atoms with E-state index in [4.69, 9.17) is 9.47 Å². The second-order valence-corrected chi connectivity index (χ2v) is 4.30. The normalized spacial score (nSPS) is 10.7. The first-order valence-electron chi connectivity index (χ1n) is 6.87. The van der Waals surface area contributed by atoms with Gasteiger partial charge in [0.1, 0.15) is 5.57 Å². The fourth-order valence-corrected chi connectivity index (χ4v) is 1.70. The summed E-state index contributed by atoms with van der Waals surface area (Å²) in [6.45, 7) is 5.60. The third-order valence-electron chi connectivity index (χ3n) is 2.56. The third kappa shape index (κ3) is 5.65. The van der Waals surface area contributed by atoms with E-state index in [1.165, 1.54) is 6.08 Å². The zero-order valence-electron chi connectivity index (χ0n) is 12.6. The summed E-state index contributed by atoms with van der Waals surface area (Å²) in [5, 5.41) is 0. The molecule has 0 aliphatic rings. The number of allylic oxidation sites excluding steroid dienone is 2. The molecule has 0 saturated heterocycles. The molecule has 0 spiro atoms. The quantitative estimate of drug-likeness (QED) is 0.265. The Kier molecular flexibility index (Phi) is 6.95. The van der Waals surface area contributed by atoms with Gasteiger partial charge in [0, 0.05) is 0 Å². The Morgan fingerprint density at radius 3 is 2.00 bits per heavy atom. The standard InChI is InChI=1S/C17H20O4/c1-4-20-16(18)15(17(19)21-5-2)12-13(3)11-14-9-7-6-8-10-14/h6-12H,4-5H2,1-3H3/b13-11+. The van der Waals surface area contributed by atoms with Crippen molar-refractivity contribution in [3.05, 3.63) is 53.1 Å². The van der Waals surface area contributed by atoms with Crippen molar-refractivity contribution in [2.45, 2.75) is 20.8 Å². The van der Waals surface area contributed by atoms with Crippen LogP contribution in [0.5, 0.6) is 0 Å². The lowest BCUT2D eigenvalue weighted by atomic mass is 10.1. The first-order valence-corrected chi connectivity index (χ1v) is 6.87. The molecule has 21 heavy (non-hydrogen) atoms. The summed E-state index contributed by atoms with van der Waals surface area (Å²) in [6, 6.07) is 9.63. The molecular formula is C17H20O4. The van der Waals surface area contributed by atoms with Crippen LogP contribution in [0, 0.1) is 0 Å². The summed E-state index contributed by atoms with van der Waals surface area (Å²) < 4.78 is 9.77. The smallest absolute Gasteiger partial charge is 0.345 e. The first kappa shape index (κ1) is 16.7. The molecule has 1 aromatic rings. The van der Waals surface area contributed by atoms with Crippen molar-refractivity contribution in [1.82, 2.24) is 0 Å². The number of hydrogen-bond donors (Lipinski definition) is 0. The van der Waals surface area contributed by atoms with Crippen LogP contribution in [0.25, 0.3) is 6.08 Å². The molecule has 0 saturated carbocycles. The van der Waals surface area contributed by atoms with Crippen LogP contribution < -0.4 is 0 Å². The number of esters is 2. The summed E-state index contributed by atoms with van der Waals surface area (Å²) in [5.41, 5.74) is 1.65. The first-order chi connectivity index (χ1) is 10.1. The number of hydrogen-bond acceptors (Lipinski definition) is 4. The Morgan fingerprint density at radius 1 is 1.00 bits per heavy atom. The summed E-state index contributed by atoms with van der Waals surface area (Å²) in [7, 11) is 0. The highest BCUT2D eigenvalue weighted by atomic mass is 16.6.